The fraction of sp³-hybridized carbons (Fsp3) is 0.364. The number of ketones is 1. The number of hydrogen-bond acceptors (Lipinski definition) is 2. The summed E-state index contributed by atoms with van der Waals surface area (Å²) in [4.78, 5) is 11.5. The number of rotatable bonds is 5. The van der Waals surface area contributed by atoms with Gasteiger partial charge in [-0.05, 0) is 18.6 Å². The van der Waals surface area contributed by atoms with Gasteiger partial charge in [0.2, 0.25) is 0 Å². The standard InChI is InChI=1S/C11H12ClFO2/c1-15-8-4-5-9(10(13)7-8)11(14)3-2-6-12/h4-5,7H,2-3,6H2,1H3. The molecule has 82 valence electrons. The zero-order chi connectivity index (χ0) is 11.3. The summed E-state index contributed by atoms with van der Waals surface area (Å²) in [5, 5.41) is 0. The second-order valence-electron chi connectivity index (χ2n) is 3.06. The number of ether oxygens (including phenoxy) is 1. The van der Waals surface area contributed by atoms with Crippen molar-refractivity contribution in [3.05, 3.63) is 29.6 Å². The molecule has 0 bridgehead atoms. The van der Waals surface area contributed by atoms with E-state index in [-0.39, 0.29) is 17.8 Å². The van der Waals surface area contributed by atoms with Crippen molar-refractivity contribution in [2.45, 2.75) is 12.8 Å². The van der Waals surface area contributed by atoms with Crippen LogP contribution in [0.15, 0.2) is 18.2 Å². The quantitative estimate of drug-likeness (QED) is 0.574. The number of hydrogen-bond donors (Lipinski definition) is 0. The minimum absolute atomic E-state index is 0.0981. The van der Waals surface area contributed by atoms with E-state index >= 15 is 0 Å². The van der Waals surface area contributed by atoms with E-state index in [9.17, 15) is 9.18 Å². The smallest absolute Gasteiger partial charge is 0.165 e. The molecule has 15 heavy (non-hydrogen) atoms. The summed E-state index contributed by atoms with van der Waals surface area (Å²) in [6.07, 6.45) is 0.832. The van der Waals surface area contributed by atoms with Crippen molar-refractivity contribution in [1.29, 1.82) is 0 Å². The number of methoxy groups -OCH3 is 1. The molecule has 0 amide bonds. The second kappa shape index (κ2) is 5.71. The minimum atomic E-state index is -0.547. The normalized spacial score (nSPS) is 10.1. The summed E-state index contributed by atoms with van der Waals surface area (Å²) < 4.78 is 18.2. The van der Waals surface area contributed by atoms with E-state index in [0.717, 1.165) is 0 Å². The van der Waals surface area contributed by atoms with Gasteiger partial charge in [-0.25, -0.2) is 4.39 Å². The van der Waals surface area contributed by atoms with Gasteiger partial charge in [-0.1, -0.05) is 0 Å². The highest BCUT2D eigenvalue weighted by Gasteiger charge is 2.11. The molecular weight excluding hydrogens is 219 g/mol. The van der Waals surface area contributed by atoms with Crippen molar-refractivity contribution in [2.75, 3.05) is 13.0 Å². The van der Waals surface area contributed by atoms with Crippen molar-refractivity contribution in [1.82, 2.24) is 0 Å². The van der Waals surface area contributed by atoms with Gasteiger partial charge >= 0.3 is 0 Å². The van der Waals surface area contributed by atoms with Gasteiger partial charge in [-0.3, -0.25) is 4.79 Å². The van der Waals surface area contributed by atoms with E-state index in [1.807, 2.05) is 0 Å². The molecule has 0 atom stereocenters. The topological polar surface area (TPSA) is 26.3 Å². The zero-order valence-corrected chi connectivity index (χ0v) is 9.18. The van der Waals surface area contributed by atoms with E-state index in [1.165, 1.54) is 19.2 Å². The molecule has 0 aliphatic rings. The fourth-order valence-electron chi connectivity index (χ4n) is 1.21. The summed E-state index contributed by atoms with van der Waals surface area (Å²) in [7, 11) is 1.45. The van der Waals surface area contributed by atoms with Crippen molar-refractivity contribution in [2.24, 2.45) is 0 Å². The molecule has 0 saturated heterocycles. The molecule has 0 spiro atoms. The predicted molar refractivity (Wildman–Crippen MR) is 57.2 cm³/mol. The predicted octanol–water partition coefficient (Wildman–Crippen LogP) is 3.04. The van der Waals surface area contributed by atoms with Crippen molar-refractivity contribution in [3.63, 3.8) is 0 Å². The first-order chi connectivity index (χ1) is 7.19. The van der Waals surface area contributed by atoms with Crippen molar-refractivity contribution < 1.29 is 13.9 Å². The first kappa shape index (κ1) is 12.0. The highest BCUT2D eigenvalue weighted by Crippen LogP contribution is 2.18. The van der Waals surface area contributed by atoms with Crippen LogP contribution in [0, 0.1) is 5.82 Å². The van der Waals surface area contributed by atoms with Crippen LogP contribution in [-0.2, 0) is 0 Å². The average Bonchev–Trinajstić information content (AvgIpc) is 2.25. The fourth-order valence-corrected chi connectivity index (χ4v) is 1.34. The Morgan fingerprint density at radius 3 is 2.80 bits per heavy atom. The maximum atomic E-state index is 13.4. The second-order valence-corrected chi connectivity index (χ2v) is 3.44. The third-order valence-electron chi connectivity index (χ3n) is 2.01. The Kier molecular flexibility index (Phi) is 4.56. The van der Waals surface area contributed by atoms with Gasteiger partial charge in [-0.15, -0.1) is 11.6 Å². The Morgan fingerprint density at radius 1 is 1.53 bits per heavy atom. The number of carbonyl (C=O) groups is 1. The highest BCUT2D eigenvalue weighted by atomic mass is 35.5. The Hall–Kier alpha value is -1.09. The first-order valence-electron chi connectivity index (χ1n) is 4.61. The Balaban J connectivity index is 2.81. The summed E-state index contributed by atoms with van der Waals surface area (Å²) in [5.41, 5.74) is 0.0981. The lowest BCUT2D eigenvalue weighted by atomic mass is 10.1. The maximum Gasteiger partial charge on any atom is 0.165 e. The van der Waals surface area contributed by atoms with Gasteiger partial charge in [0, 0.05) is 18.4 Å². The highest BCUT2D eigenvalue weighted by molar-refractivity contribution is 6.18. The van der Waals surface area contributed by atoms with Crippen LogP contribution in [0.2, 0.25) is 0 Å². The SMILES string of the molecule is COc1ccc(C(=O)CCCCl)c(F)c1. The van der Waals surface area contributed by atoms with Crippen molar-refractivity contribution in [3.8, 4) is 5.75 Å². The third-order valence-corrected chi connectivity index (χ3v) is 2.28. The van der Waals surface area contributed by atoms with Gasteiger partial charge < -0.3 is 4.74 Å². The molecular formula is C11H12ClFO2. The van der Waals surface area contributed by atoms with Crippen molar-refractivity contribution >= 4 is 17.4 Å². The summed E-state index contributed by atoms with van der Waals surface area (Å²) in [6.45, 7) is 0. The molecule has 2 nitrogen and oxygen atoms in total. The van der Waals surface area contributed by atoms with E-state index in [0.29, 0.717) is 18.1 Å². The Morgan fingerprint density at radius 2 is 2.27 bits per heavy atom. The molecule has 0 aliphatic heterocycles. The molecule has 0 N–H and O–H groups in total. The third kappa shape index (κ3) is 3.20. The molecule has 4 heteroatoms. The van der Waals surface area contributed by atoms with Crippen LogP contribution < -0.4 is 4.74 Å². The van der Waals surface area contributed by atoms with Gasteiger partial charge in [0.25, 0.3) is 0 Å². The number of alkyl halides is 1. The minimum Gasteiger partial charge on any atom is -0.497 e. The van der Waals surface area contributed by atoms with E-state index < -0.39 is 5.82 Å². The van der Waals surface area contributed by atoms with Gasteiger partial charge in [0.1, 0.15) is 11.6 Å². The molecule has 0 unspecified atom stereocenters. The van der Waals surface area contributed by atoms with Gasteiger partial charge in [0.05, 0.1) is 12.7 Å². The Bertz CT molecular complexity index is 352. The summed E-state index contributed by atoms with van der Waals surface area (Å²) in [6, 6.07) is 4.20. The van der Waals surface area contributed by atoms with Crippen LogP contribution >= 0.6 is 11.6 Å². The number of carbonyl (C=O) groups excluding carboxylic acids is 1. The molecule has 0 saturated carbocycles. The van der Waals surface area contributed by atoms with Crippen LogP contribution in [0.4, 0.5) is 4.39 Å². The van der Waals surface area contributed by atoms with E-state index in [1.54, 1.807) is 6.07 Å². The zero-order valence-electron chi connectivity index (χ0n) is 8.43. The lowest BCUT2D eigenvalue weighted by Crippen LogP contribution is -2.02. The lowest BCUT2D eigenvalue weighted by molar-refractivity contribution is 0.0978. The molecule has 0 aromatic heterocycles. The van der Waals surface area contributed by atoms with Gasteiger partial charge in [-0.2, -0.15) is 0 Å². The number of halogens is 2. The van der Waals surface area contributed by atoms with Crippen LogP contribution in [0.25, 0.3) is 0 Å². The molecule has 0 radical (unpaired) electrons. The van der Waals surface area contributed by atoms with E-state index in [4.69, 9.17) is 16.3 Å². The molecule has 1 aromatic carbocycles. The largest absolute Gasteiger partial charge is 0.497 e. The Labute approximate surface area is 93.0 Å². The van der Waals surface area contributed by atoms with Crippen LogP contribution in [0.3, 0.4) is 0 Å². The first-order valence-corrected chi connectivity index (χ1v) is 5.15. The summed E-state index contributed by atoms with van der Waals surface area (Å²) in [5.74, 6) is 0.0369. The van der Waals surface area contributed by atoms with Gasteiger partial charge in [0.15, 0.2) is 5.78 Å². The maximum absolute atomic E-state index is 13.4. The van der Waals surface area contributed by atoms with Crippen LogP contribution in [0.1, 0.15) is 23.2 Å². The summed E-state index contributed by atoms with van der Waals surface area (Å²) >= 11 is 5.45. The molecule has 1 aromatic rings. The lowest BCUT2D eigenvalue weighted by Gasteiger charge is -2.04. The number of benzene rings is 1. The monoisotopic (exact) mass is 230 g/mol. The van der Waals surface area contributed by atoms with E-state index in [2.05, 4.69) is 0 Å². The average molecular weight is 231 g/mol. The molecule has 1 rings (SSSR count). The molecule has 0 aliphatic carbocycles. The van der Waals surface area contributed by atoms with Crippen LogP contribution in [0.5, 0.6) is 5.75 Å². The molecule has 0 heterocycles. The molecule has 0 fully saturated rings. The van der Waals surface area contributed by atoms with Crippen LogP contribution in [-0.4, -0.2) is 18.8 Å². The number of Topliss-reactive ketones (excluding diaryl/α,β-unsaturated/α-hetero) is 1.